The normalized spacial score (nSPS) is 11.0. The quantitative estimate of drug-likeness (QED) is 0.342. The fraction of sp³-hybridized carbons (Fsp3) is 0.238. The van der Waals surface area contributed by atoms with Crippen molar-refractivity contribution in [3.63, 3.8) is 0 Å². The summed E-state index contributed by atoms with van der Waals surface area (Å²) in [4.78, 5) is 22.9. The van der Waals surface area contributed by atoms with Crippen LogP contribution in [0.3, 0.4) is 0 Å². The molecule has 0 bridgehead atoms. The molecule has 10 nitrogen and oxygen atoms in total. The van der Waals surface area contributed by atoms with E-state index in [0.717, 1.165) is 11.6 Å². The van der Waals surface area contributed by atoms with Gasteiger partial charge in [-0.2, -0.15) is 0 Å². The van der Waals surface area contributed by atoms with E-state index < -0.39 is 18.8 Å². The molecule has 0 radical (unpaired) electrons. The second-order valence-electron chi connectivity index (χ2n) is 6.45. The van der Waals surface area contributed by atoms with Gasteiger partial charge in [0.1, 0.15) is 30.9 Å². The van der Waals surface area contributed by atoms with Crippen molar-refractivity contribution in [3.8, 4) is 11.5 Å². The van der Waals surface area contributed by atoms with Crippen molar-refractivity contribution in [3.05, 3.63) is 89.3 Å². The van der Waals surface area contributed by atoms with E-state index in [9.17, 15) is 14.2 Å². The first kappa shape index (κ1) is 28.0. The van der Waals surface area contributed by atoms with Gasteiger partial charge in [-0.15, -0.1) is 0 Å². The molecular formula is C21H21Br2O10P. The fourth-order valence-electron chi connectivity index (χ4n) is 2.41. The molecule has 0 atom stereocenters. The van der Waals surface area contributed by atoms with Crippen LogP contribution >= 0.6 is 39.5 Å². The van der Waals surface area contributed by atoms with Gasteiger partial charge in [0.15, 0.2) is 0 Å². The number of rotatable bonds is 8. The molecule has 3 aromatic rings. The summed E-state index contributed by atoms with van der Waals surface area (Å²) in [5, 5.41) is 17.4. The summed E-state index contributed by atoms with van der Waals surface area (Å²) in [5.41, 5.74) is -0.0360. The molecule has 0 fully saturated rings. The van der Waals surface area contributed by atoms with E-state index in [1.165, 1.54) is 20.3 Å². The molecular weight excluding hydrogens is 603 g/mol. The summed E-state index contributed by atoms with van der Waals surface area (Å²) in [7, 11) is -0.770. The van der Waals surface area contributed by atoms with Gasteiger partial charge < -0.3 is 32.8 Å². The predicted molar refractivity (Wildman–Crippen MR) is 129 cm³/mol. The maximum atomic E-state index is 12.2. The topological polar surface area (TPSA) is 146 Å². The number of aromatic hydroxyl groups is 1. The maximum absolute atomic E-state index is 12.2. The molecule has 1 aromatic carbocycles. The van der Waals surface area contributed by atoms with Crippen LogP contribution in [0.2, 0.25) is 0 Å². The third-order valence-corrected chi connectivity index (χ3v) is 7.01. The molecule has 184 valence electrons. The van der Waals surface area contributed by atoms with Crippen LogP contribution in [0, 0.1) is 0 Å². The van der Waals surface area contributed by atoms with Gasteiger partial charge in [-0.05, 0) is 37.4 Å². The Hall–Kier alpha value is -2.21. The van der Waals surface area contributed by atoms with E-state index in [2.05, 4.69) is 31.9 Å². The highest BCUT2D eigenvalue weighted by atomic mass is 79.9. The van der Waals surface area contributed by atoms with Crippen LogP contribution in [-0.2, 0) is 33.0 Å². The average molecular weight is 624 g/mol. The minimum absolute atomic E-state index is 0.0577. The predicted octanol–water partition coefficient (Wildman–Crippen LogP) is 4.57. The zero-order valence-corrected chi connectivity index (χ0v) is 22.1. The van der Waals surface area contributed by atoms with Crippen LogP contribution in [0.4, 0.5) is 0 Å². The smallest absolute Gasteiger partial charge is 0.337 e. The molecule has 0 unspecified atom stereocenters. The van der Waals surface area contributed by atoms with Crippen LogP contribution < -0.4 is 15.6 Å². The van der Waals surface area contributed by atoms with Gasteiger partial charge in [-0.25, -0.2) is 0 Å². The van der Waals surface area contributed by atoms with Crippen molar-refractivity contribution in [2.75, 3.05) is 14.2 Å². The van der Waals surface area contributed by atoms with Crippen LogP contribution in [-0.4, -0.2) is 24.4 Å². The molecule has 0 spiro atoms. The summed E-state index contributed by atoms with van der Waals surface area (Å²) >= 11 is 5.97. The highest BCUT2D eigenvalue weighted by Crippen LogP contribution is 2.49. The Labute approximate surface area is 210 Å². The molecule has 0 aliphatic heterocycles. The SMILES string of the molecule is COP(=O)(Cc1cc(=O)c(OCc2ccccc2)c(Br)o1)OC.O=c1cc(CO)oc(Br)c1O. The Balaban J connectivity index is 0.000000310. The van der Waals surface area contributed by atoms with Crippen LogP contribution in [0.5, 0.6) is 11.5 Å². The Bertz CT molecular complexity index is 1250. The molecule has 0 saturated heterocycles. The Morgan fingerprint density at radius 3 is 2.06 bits per heavy atom. The number of hydrogen-bond acceptors (Lipinski definition) is 10. The number of aliphatic hydroxyl groups excluding tert-OH is 1. The second-order valence-corrected chi connectivity index (χ2v) is 10.2. The Morgan fingerprint density at radius 1 is 0.941 bits per heavy atom. The van der Waals surface area contributed by atoms with Gasteiger partial charge in [0, 0.05) is 26.4 Å². The first-order valence-electron chi connectivity index (χ1n) is 9.44. The van der Waals surface area contributed by atoms with Crippen molar-refractivity contribution in [2.24, 2.45) is 0 Å². The first-order valence-corrected chi connectivity index (χ1v) is 12.8. The van der Waals surface area contributed by atoms with Gasteiger partial charge in [0.2, 0.25) is 31.7 Å². The molecule has 34 heavy (non-hydrogen) atoms. The van der Waals surface area contributed by atoms with Gasteiger partial charge in [0.05, 0.1) is 0 Å². The van der Waals surface area contributed by atoms with Crippen LogP contribution in [0.15, 0.2) is 70.2 Å². The summed E-state index contributed by atoms with van der Waals surface area (Å²) in [6, 6.07) is 11.7. The number of aliphatic hydroxyl groups is 1. The van der Waals surface area contributed by atoms with E-state index >= 15 is 0 Å². The largest absolute Gasteiger partial charge is 0.501 e. The van der Waals surface area contributed by atoms with Gasteiger partial charge in [-0.1, -0.05) is 30.3 Å². The number of benzene rings is 1. The zero-order valence-electron chi connectivity index (χ0n) is 18.0. The van der Waals surface area contributed by atoms with Gasteiger partial charge in [-0.3, -0.25) is 14.2 Å². The minimum atomic E-state index is -3.32. The second kappa shape index (κ2) is 13.0. The monoisotopic (exact) mass is 622 g/mol. The van der Waals surface area contributed by atoms with E-state index in [1.54, 1.807) is 0 Å². The standard InChI is InChI=1S/C15H16BrO6P.C6H5BrO4/c1-19-23(18,20-2)10-12-8-13(17)14(15(16)22-12)21-9-11-6-4-3-5-7-11;7-6-5(10)4(9)1-3(2-8)11-6/h3-8H,9-10H2,1-2H3;1,8,10H,2H2. The molecule has 2 N–H and O–H groups in total. The third kappa shape index (κ3) is 7.93. The van der Waals surface area contributed by atoms with Gasteiger partial charge >= 0.3 is 7.60 Å². The van der Waals surface area contributed by atoms with E-state index in [4.69, 9.17) is 32.8 Å². The van der Waals surface area contributed by atoms with Crippen molar-refractivity contribution >= 4 is 39.5 Å². The molecule has 2 heterocycles. The molecule has 0 amide bonds. The lowest BCUT2D eigenvalue weighted by Crippen LogP contribution is -2.09. The number of hydrogen-bond donors (Lipinski definition) is 2. The molecule has 2 aromatic heterocycles. The Kier molecular flexibility index (Phi) is 10.7. The third-order valence-electron chi connectivity index (χ3n) is 4.14. The summed E-state index contributed by atoms with van der Waals surface area (Å²) in [5.74, 6) is -0.134. The number of ether oxygens (including phenoxy) is 1. The Morgan fingerprint density at radius 2 is 1.53 bits per heavy atom. The van der Waals surface area contributed by atoms with Crippen LogP contribution in [0.25, 0.3) is 0 Å². The van der Waals surface area contributed by atoms with Crippen molar-refractivity contribution in [2.45, 2.75) is 19.4 Å². The lowest BCUT2D eigenvalue weighted by Gasteiger charge is -2.13. The minimum Gasteiger partial charge on any atom is -0.501 e. The first-order chi connectivity index (χ1) is 16.1. The average Bonchev–Trinajstić information content (AvgIpc) is 2.82. The van der Waals surface area contributed by atoms with E-state index in [-0.39, 0.29) is 51.4 Å². The summed E-state index contributed by atoms with van der Waals surface area (Å²) in [6.07, 6.45) is -0.146. The van der Waals surface area contributed by atoms with Crippen LogP contribution in [0.1, 0.15) is 17.1 Å². The fourth-order valence-corrected chi connectivity index (χ4v) is 4.28. The van der Waals surface area contributed by atoms with Crippen molar-refractivity contribution < 1.29 is 37.4 Å². The molecule has 3 rings (SSSR count). The zero-order chi connectivity index (χ0) is 25.3. The highest BCUT2D eigenvalue weighted by Gasteiger charge is 2.25. The lowest BCUT2D eigenvalue weighted by molar-refractivity contribution is 0.237. The van der Waals surface area contributed by atoms with Crippen molar-refractivity contribution in [1.82, 2.24) is 0 Å². The highest BCUT2D eigenvalue weighted by molar-refractivity contribution is 9.10. The molecule has 13 heteroatoms. The number of halogens is 2. The summed E-state index contributed by atoms with van der Waals surface area (Å²) < 4.78 is 37.5. The van der Waals surface area contributed by atoms with Crippen molar-refractivity contribution in [1.29, 1.82) is 0 Å². The lowest BCUT2D eigenvalue weighted by atomic mass is 10.2. The maximum Gasteiger partial charge on any atom is 0.337 e. The molecule has 0 aliphatic carbocycles. The van der Waals surface area contributed by atoms with E-state index in [1.807, 2.05) is 30.3 Å². The van der Waals surface area contributed by atoms with Gasteiger partial charge in [0.25, 0.3) is 0 Å². The summed E-state index contributed by atoms with van der Waals surface area (Å²) in [6.45, 7) is -0.133. The molecule has 0 saturated carbocycles. The van der Waals surface area contributed by atoms with E-state index in [0.29, 0.717) is 0 Å². The molecule has 0 aliphatic rings.